The van der Waals surface area contributed by atoms with E-state index in [-0.39, 0.29) is 11.5 Å². The predicted octanol–water partition coefficient (Wildman–Crippen LogP) is 7.14. The number of aryl methyl sites for hydroxylation is 2. The SMILES string of the molecule is CCC(=O)N(c1ccccc1)C1CCN(CCc2ccccc2)CC1.Cc1ccccc1-n1c(C)nc2ccccc2c1=O. The molecule has 1 aliphatic heterocycles. The Morgan fingerprint density at radius 2 is 1.43 bits per heavy atom. The third-order valence-corrected chi connectivity index (χ3v) is 8.39. The zero-order valence-corrected chi connectivity index (χ0v) is 26.0. The van der Waals surface area contributed by atoms with Gasteiger partial charge in [0.1, 0.15) is 5.82 Å². The van der Waals surface area contributed by atoms with Gasteiger partial charge in [-0.05, 0) is 74.6 Å². The molecule has 0 aliphatic carbocycles. The molecule has 1 amide bonds. The molecular formula is C38H42N4O2. The second kappa shape index (κ2) is 14.8. The van der Waals surface area contributed by atoms with Gasteiger partial charge in [0.25, 0.3) is 5.56 Å². The monoisotopic (exact) mass is 586 g/mol. The quantitative estimate of drug-likeness (QED) is 0.203. The topological polar surface area (TPSA) is 58.4 Å². The van der Waals surface area contributed by atoms with Crippen molar-refractivity contribution in [1.29, 1.82) is 0 Å². The number of carbonyl (C=O) groups excluding carboxylic acids is 1. The summed E-state index contributed by atoms with van der Waals surface area (Å²) >= 11 is 0. The Hall–Kier alpha value is -4.55. The number of likely N-dealkylation sites (tertiary alicyclic amines) is 1. The number of benzene rings is 4. The van der Waals surface area contributed by atoms with Crippen LogP contribution in [0.2, 0.25) is 0 Å². The number of aromatic nitrogens is 2. The van der Waals surface area contributed by atoms with E-state index in [1.165, 1.54) is 5.56 Å². The highest BCUT2D eigenvalue weighted by atomic mass is 16.2. The summed E-state index contributed by atoms with van der Waals surface area (Å²) < 4.78 is 1.68. The highest BCUT2D eigenvalue weighted by molar-refractivity contribution is 5.93. The first-order chi connectivity index (χ1) is 21.5. The van der Waals surface area contributed by atoms with Gasteiger partial charge in [0, 0.05) is 37.8 Å². The van der Waals surface area contributed by atoms with E-state index in [0.717, 1.165) is 61.4 Å². The lowest BCUT2D eigenvalue weighted by Gasteiger charge is -2.38. The Kier molecular flexibility index (Phi) is 10.4. The summed E-state index contributed by atoms with van der Waals surface area (Å²) in [4.78, 5) is 34.2. The Bertz CT molecular complexity index is 1730. The molecule has 2 heterocycles. The van der Waals surface area contributed by atoms with Crippen molar-refractivity contribution >= 4 is 22.5 Å². The summed E-state index contributed by atoms with van der Waals surface area (Å²) in [6.45, 7) is 9.05. The lowest BCUT2D eigenvalue weighted by atomic mass is 10.0. The van der Waals surface area contributed by atoms with Crippen LogP contribution in [0.15, 0.2) is 114 Å². The van der Waals surface area contributed by atoms with Crippen LogP contribution in [0.1, 0.15) is 43.1 Å². The number of carbonyl (C=O) groups is 1. The molecular weight excluding hydrogens is 544 g/mol. The summed E-state index contributed by atoms with van der Waals surface area (Å²) in [7, 11) is 0. The maximum absolute atomic E-state index is 12.6. The van der Waals surface area contributed by atoms with Gasteiger partial charge in [-0.25, -0.2) is 4.98 Å². The van der Waals surface area contributed by atoms with E-state index >= 15 is 0 Å². The first-order valence-corrected chi connectivity index (χ1v) is 15.6. The average Bonchev–Trinajstić information content (AvgIpc) is 3.06. The van der Waals surface area contributed by atoms with Gasteiger partial charge >= 0.3 is 0 Å². The zero-order chi connectivity index (χ0) is 30.9. The molecule has 0 unspecified atom stereocenters. The summed E-state index contributed by atoms with van der Waals surface area (Å²) in [6, 6.07) is 36.4. The van der Waals surface area contributed by atoms with E-state index in [9.17, 15) is 9.59 Å². The number of anilines is 1. The van der Waals surface area contributed by atoms with Gasteiger partial charge in [-0.1, -0.05) is 85.8 Å². The first kappa shape index (κ1) is 30.9. The third-order valence-electron chi connectivity index (χ3n) is 8.39. The van der Waals surface area contributed by atoms with E-state index in [2.05, 4.69) is 52.3 Å². The molecule has 0 atom stereocenters. The highest BCUT2D eigenvalue weighted by Gasteiger charge is 2.28. The fraction of sp³-hybridized carbons (Fsp3) is 0.289. The van der Waals surface area contributed by atoms with E-state index in [1.807, 2.05) is 92.4 Å². The molecule has 1 aliphatic rings. The molecule has 44 heavy (non-hydrogen) atoms. The van der Waals surface area contributed by atoms with Gasteiger partial charge in [-0.3, -0.25) is 14.2 Å². The number of amides is 1. The summed E-state index contributed by atoms with van der Waals surface area (Å²) in [5, 5.41) is 0.649. The Balaban J connectivity index is 0.000000181. The molecule has 226 valence electrons. The number of fused-ring (bicyclic) bond motifs is 1. The van der Waals surface area contributed by atoms with Crippen molar-refractivity contribution in [2.45, 2.75) is 52.5 Å². The Morgan fingerprint density at radius 3 is 2.11 bits per heavy atom. The number of hydrogen-bond donors (Lipinski definition) is 0. The summed E-state index contributed by atoms with van der Waals surface area (Å²) in [5.74, 6) is 0.937. The van der Waals surface area contributed by atoms with Gasteiger partial charge in [0.2, 0.25) is 5.91 Å². The molecule has 5 aromatic rings. The minimum atomic E-state index is -0.0163. The number of rotatable bonds is 7. The zero-order valence-electron chi connectivity index (χ0n) is 26.0. The minimum Gasteiger partial charge on any atom is -0.309 e. The van der Waals surface area contributed by atoms with Crippen molar-refractivity contribution in [1.82, 2.24) is 14.5 Å². The van der Waals surface area contributed by atoms with Gasteiger partial charge in [0.05, 0.1) is 16.6 Å². The highest BCUT2D eigenvalue weighted by Crippen LogP contribution is 2.25. The van der Waals surface area contributed by atoms with Crippen molar-refractivity contribution in [3.05, 3.63) is 136 Å². The number of nitrogens with zero attached hydrogens (tertiary/aromatic N) is 4. The van der Waals surface area contributed by atoms with Crippen LogP contribution in [0.3, 0.4) is 0 Å². The standard InChI is InChI=1S/C22H28N2O.C16H14N2O/c1-2-22(25)24(20-11-7-4-8-12-20)21-14-17-23(18-15-21)16-13-19-9-5-3-6-10-19;1-11-7-3-6-10-15(11)18-12(2)17-14-9-5-4-8-13(14)16(18)19/h3-12,21H,2,13-18H2,1H3;3-10H,1-2H3. The van der Waals surface area contributed by atoms with Crippen LogP contribution < -0.4 is 10.5 Å². The lowest BCUT2D eigenvalue weighted by molar-refractivity contribution is -0.119. The average molecular weight is 587 g/mol. The number of piperidine rings is 1. The molecule has 1 aromatic heterocycles. The molecule has 6 rings (SSSR count). The van der Waals surface area contributed by atoms with Crippen molar-refractivity contribution < 1.29 is 4.79 Å². The third kappa shape index (κ3) is 7.32. The first-order valence-electron chi connectivity index (χ1n) is 15.6. The second-order valence-corrected chi connectivity index (χ2v) is 11.4. The van der Waals surface area contributed by atoms with E-state index in [4.69, 9.17) is 0 Å². The van der Waals surface area contributed by atoms with E-state index < -0.39 is 0 Å². The molecule has 1 fully saturated rings. The molecule has 1 saturated heterocycles. The van der Waals surface area contributed by atoms with Crippen molar-refractivity contribution in [3.8, 4) is 5.69 Å². The van der Waals surface area contributed by atoms with E-state index in [0.29, 0.717) is 23.7 Å². The van der Waals surface area contributed by atoms with Crippen LogP contribution >= 0.6 is 0 Å². The predicted molar refractivity (Wildman–Crippen MR) is 181 cm³/mol. The van der Waals surface area contributed by atoms with Crippen LogP contribution in [0, 0.1) is 13.8 Å². The second-order valence-electron chi connectivity index (χ2n) is 11.4. The molecule has 0 spiro atoms. The van der Waals surface area contributed by atoms with Crippen molar-refractivity contribution in [3.63, 3.8) is 0 Å². The minimum absolute atomic E-state index is 0.0163. The number of para-hydroxylation sites is 3. The van der Waals surface area contributed by atoms with Gasteiger partial charge < -0.3 is 9.80 Å². The van der Waals surface area contributed by atoms with Crippen LogP contribution in [-0.2, 0) is 11.2 Å². The van der Waals surface area contributed by atoms with Crippen molar-refractivity contribution in [2.24, 2.45) is 0 Å². The van der Waals surface area contributed by atoms with Gasteiger partial charge in [0.15, 0.2) is 0 Å². The smallest absolute Gasteiger partial charge is 0.265 e. The van der Waals surface area contributed by atoms with Crippen LogP contribution in [0.4, 0.5) is 5.69 Å². The lowest BCUT2D eigenvalue weighted by Crippen LogP contribution is -2.47. The molecule has 0 saturated carbocycles. The molecule has 6 nitrogen and oxygen atoms in total. The summed E-state index contributed by atoms with van der Waals surface area (Å²) in [5.41, 5.74) is 5.12. The molecule has 6 heteroatoms. The van der Waals surface area contributed by atoms with Crippen LogP contribution in [0.5, 0.6) is 0 Å². The van der Waals surface area contributed by atoms with E-state index in [1.54, 1.807) is 4.57 Å². The Morgan fingerprint density at radius 1 is 0.818 bits per heavy atom. The maximum atomic E-state index is 12.6. The van der Waals surface area contributed by atoms with Gasteiger partial charge in [-0.2, -0.15) is 0 Å². The molecule has 0 bridgehead atoms. The molecule has 0 N–H and O–H groups in total. The largest absolute Gasteiger partial charge is 0.309 e. The van der Waals surface area contributed by atoms with Crippen LogP contribution in [-0.4, -0.2) is 46.0 Å². The molecule has 4 aromatic carbocycles. The van der Waals surface area contributed by atoms with Crippen LogP contribution in [0.25, 0.3) is 16.6 Å². The fourth-order valence-electron chi connectivity index (χ4n) is 5.99. The normalized spacial score (nSPS) is 13.7. The Labute approximate surface area is 260 Å². The molecule has 0 radical (unpaired) electrons. The number of hydrogen-bond acceptors (Lipinski definition) is 4. The van der Waals surface area contributed by atoms with Gasteiger partial charge in [-0.15, -0.1) is 0 Å². The van der Waals surface area contributed by atoms with Crippen molar-refractivity contribution in [2.75, 3.05) is 24.5 Å². The fourth-order valence-corrected chi connectivity index (χ4v) is 5.99. The summed E-state index contributed by atoms with van der Waals surface area (Å²) in [6.07, 6.45) is 3.76. The maximum Gasteiger partial charge on any atom is 0.265 e.